The average Bonchev–Trinajstić information content (AvgIpc) is 2.49. The quantitative estimate of drug-likeness (QED) is 0.679. The molecular formula is C15H18FN3O3. The lowest BCUT2D eigenvalue weighted by Gasteiger charge is -2.22. The molecule has 0 aliphatic carbocycles. The number of piperidine rings is 1. The summed E-state index contributed by atoms with van der Waals surface area (Å²) < 4.78 is 14.3. The van der Waals surface area contributed by atoms with Crippen LogP contribution < -0.4 is 16.4 Å². The summed E-state index contributed by atoms with van der Waals surface area (Å²) in [6.45, 7) is 0.437. The molecule has 1 aliphatic rings. The van der Waals surface area contributed by atoms with E-state index in [0.717, 1.165) is 0 Å². The Bertz CT molecular complexity index is 604. The van der Waals surface area contributed by atoms with Gasteiger partial charge in [-0.2, -0.15) is 0 Å². The zero-order chi connectivity index (χ0) is 16.1. The molecule has 0 radical (unpaired) electrons. The molecule has 2 rings (SSSR count). The molecule has 1 aromatic carbocycles. The molecule has 0 spiro atoms. The fourth-order valence-corrected chi connectivity index (χ4v) is 2.31. The molecule has 7 heteroatoms. The maximum Gasteiger partial charge on any atom is 0.254 e. The maximum atomic E-state index is 14.3. The van der Waals surface area contributed by atoms with Crippen molar-refractivity contribution in [1.29, 1.82) is 0 Å². The largest absolute Gasteiger partial charge is 0.340 e. The van der Waals surface area contributed by atoms with Crippen LogP contribution in [0.1, 0.15) is 35.2 Å². The van der Waals surface area contributed by atoms with Gasteiger partial charge in [0.15, 0.2) is 0 Å². The van der Waals surface area contributed by atoms with Crippen molar-refractivity contribution in [2.45, 2.75) is 31.7 Å². The summed E-state index contributed by atoms with van der Waals surface area (Å²) in [5, 5.41) is 4.60. The predicted molar refractivity (Wildman–Crippen MR) is 77.4 cm³/mol. The Morgan fingerprint density at radius 2 is 2.18 bits per heavy atom. The monoisotopic (exact) mass is 307 g/mol. The Labute approximate surface area is 127 Å². The molecule has 1 aliphatic heterocycles. The van der Waals surface area contributed by atoms with E-state index in [1.165, 1.54) is 6.07 Å². The Balaban J connectivity index is 2.09. The number of imide groups is 1. The van der Waals surface area contributed by atoms with Gasteiger partial charge in [-0.3, -0.25) is 19.7 Å². The van der Waals surface area contributed by atoms with E-state index in [1.54, 1.807) is 12.1 Å². The third-order valence-corrected chi connectivity index (χ3v) is 3.52. The normalized spacial score (nSPS) is 18.0. The zero-order valence-electron chi connectivity index (χ0n) is 12.0. The van der Waals surface area contributed by atoms with E-state index in [4.69, 9.17) is 5.73 Å². The van der Waals surface area contributed by atoms with Gasteiger partial charge >= 0.3 is 0 Å². The first kappa shape index (κ1) is 16.1. The number of rotatable bonds is 5. The van der Waals surface area contributed by atoms with Gasteiger partial charge in [-0.25, -0.2) is 4.39 Å². The molecule has 0 bridgehead atoms. The molecule has 22 heavy (non-hydrogen) atoms. The highest BCUT2D eigenvalue weighted by Gasteiger charge is 2.28. The van der Waals surface area contributed by atoms with E-state index < -0.39 is 23.7 Å². The number of halogens is 1. The molecule has 118 valence electrons. The van der Waals surface area contributed by atoms with Gasteiger partial charge in [0.05, 0.1) is 5.56 Å². The van der Waals surface area contributed by atoms with E-state index in [-0.39, 0.29) is 24.3 Å². The fraction of sp³-hybridized carbons (Fsp3) is 0.400. The van der Waals surface area contributed by atoms with Crippen LogP contribution in [0.15, 0.2) is 18.2 Å². The van der Waals surface area contributed by atoms with Crippen molar-refractivity contribution in [3.8, 4) is 0 Å². The van der Waals surface area contributed by atoms with E-state index in [1.807, 2.05) is 0 Å². The SMILES string of the molecule is NCCCc1cccc(C(=O)NC2CCC(=O)NC2=O)c1F. The smallest absolute Gasteiger partial charge is 0.254 e. The van der Waals surface area contributed by atoms with Crippen LogP contribution >= 0.6 is 0 Å². The standard InChI is InChI=1S/C15H18FN3O3/c16-13-9(4-2-8-17)3-1-5-10(13)14(21)18-11-6-7-12(20)19-15(11)22/h1,3,5,11H,2,4,6-8,17H2,(H,18,21)(H,19,20,22). The third-order valence-electron chi connectivity index (χ3n) is 3.52. The first-order valence-electron chi connectivity index (χ1n) is 7.15. The van der Waals surface area contributed by atoms with Gasteiger partial charge in [0.2, 0.25) is 11.8 Å². The molecule has 6 nitrogen and oxygen atoms in total. The van der Waals surface area contributed by atoms with Gasteiger partial charge in [0, 0.05) is 6.42 Å². The maximum absolute atomic E-state index is 14.3. The fourth-order valence-electron chi connectivity index (χ4n) is 2.31. The molecule has 3 amide bonds. The summed E-state index contributed by atoms with van der Waals surface area (Å²) in [7, 11) is 0. The van der Waals surface area contributed by atoms with Gasteiger partial charge in [-0.15, -0.1) is 0 Å². The van der Waals surface area contributed by atoms with E-state index in [2.05, 4.69) is 10.6 Å². The van der Waals surface area contributed by atoms with E-state index in [0.29, 0.717) is 24.9 Å². The Hall–Kier alpha value is -2.28. The first-order valence-corrected chi connectivity index (χ1v) is 7.15. The number of hydrogen-bond donors (Lipinski definition) is 3. The Morgan fingerprint density at radius 3 is 2.86 bits per heavy atom. The molecule has 0 aromatic heterocycles. The minimum Gasteiger partial charge on any atom is -0.340 e. The number of carbonyl (C=O) groups excluding carboxylic acids is 3. The number of amides is 3. The lowest BCUT2D eigenvalue weighted by molar-refractivity contribution is -0.134. The molecule has 1 saturated heterocycles. The van der Waals surface area contributed by atoms with Crippen LogP contribution in [0.4, 0.5) is 4.39 Å². The van der Waals surface area contributed by atoms with E-state index >= 15 is 0 Å². The highest BCUT2D eigenvalue weighted by Crippen LogP contribution is 2.15. The van der Waals surface area contributed by atoms with Gasteiger partial charge in [-0.05, 0) is 37.4 Å². The lowest BCUT2D eigenvalue weighted by Crippen LogP contribution is -2.52. The summed E-state index contributed by atoms with van der Waals surface area (Å²) in [6.07, 6.45) is 1.43. The van der Waals surface area contributed by atoms with Crippen LogP contribution in [0, 0.1) is 5.82 Å². The van der Waals surface area contributed by atoms with Crippen LogP contribution in [0.2, 0.25) is 0 Å². The van der Waals surface area contributed by atoms with Crippen molar-refractivity contribution in [2.75, 3.05) is 6.54 Å². The summed E-state index contributed by atoms with van der Waals surface area (Å²) >= 11 is 0. The summed E-state index contributed by atoms with van der Waals surface area (Å²) in [4.78, 5) is 34.8. The van der Waals surface area contributed by atoms with Crippen LogP contribution in [0.25, 0.3) is 0 Å². The number of carbonyl (C=O) groups is 3. The van der Waals surface area contributed by atoms with Crippen molar-refractivity contribution >= 4 is 17.7 Å². The minimum atomic E-state index is -0.822. The molecule has 1 heterocycles. The summed E-state index contributed by atoms with van der Waals surface area (Å²) in [5.41, 5.74) is 5.71. The zero-order valence-corrected chi connectivity index (χ0v) is 12.0. The van der Waals surface area contributed by atoms with Gasteiger partial charge in [0.1, 0.15) is 11.9 Å². The highest BCUT2D eigenvalue weighted by molar-refractivity contribution is 6.03. The number of nitrogens with one attached hydrogen (secondary N) is 2. The molecular weight excluding hydrogens is 289 g/mol. The molecule has 1 fully saturated rings. The number of aryl methyl sites for hydroxylation is 1. The first-order chi connectivity index (χ1) is 10.5. The third kappa shape index (κ3) is 3.67. The van der Waals surface area contributed by atoms with Gasteiger partial charge in [0.25, 0.3) is 5.91 Å². The summed E-state index contributed by atoms with van der Waals surface area (Å²) in [6, 6.07) is 3.74. The van der Waals surface area contributed by atoms with E-state index in [9.17, 15) is 18.8 Å². The lowest BCUT2D eigenvalue weighted by atomic mass is 10.0. The minimum absolute atomic E-state index is 0.112. The summed E-state index contributed by atoms with van der Waals surface area (Å²) in [5.74, 6) is -2.20. The van der Waals surface area contributed by atoms with Crippen molar-refractivity contribution in [3.63, 3.8) is 0 Å². The second kappa shape index (κ2) is 7.13. The van der Waals surface area contributed by atoms with Crippen molar-refractivity contribution < 1.29 is 18.8 Å². The van der Waals surface area contributed by atoms with Crippen molar-refractivity contribution in [2.24, 2.45) is 5.73 Å². The van der Waals surface area contributed by atoms with Gasteiger partial charge in [-0.1, -0.05) is 12.1 Å². The molecule has 0 saturated carbocycles. The predicted octanol–water partition coefficient (Wildman–Crippen LogP) is 0.252. The Kier molecular flexibility index (Phi) is 5.21. The second-order valence-electron chi connectivity index (χ2n) is 5.15. The van der Waals surface area contributed by atoms with Crippen LogP contribution in [0.5, 0.6) is 0 Å². The highest BCUT2D eigenvalue weighted by atomic mass is 19.1. The van der Waals surface area contributed by atoms with Crippen LogP contribution in [-0.4, -0.2) is 30.3 Å². The second-order valence-corrected chi connectivity index (χ2v) is 5.15. The van der Waals surface area contributed by atoms with Crippen LogP contribution in [0.3, 0.4) is 0 Å². The topological polar surface area (TPSA) is 101 Å². The number of hydrogen-bond acceptors (Lipinski definition) is 4. The van der Waals surface area contributed by atoms with Gasteiger partial charge < -0.3 is 11.1 Å². The van der Waals surface area contributed by atoms with Crippen molar-refractivity contribution in [3.05, 3.63) is 35.1 Å². The molecule has 1 aromatic rings. The Morgan fingerprint density at radius 1 is 1.41 bits per heavy atom. The van der Waals surface area contributed by atoms with Crippen molar-refractivity contribution in [1.82, 2.24) is 10.6 Å². The number of benzene rings is 1. The molecule has 1 atom stereocenters. The van der Waals surface area contributed by atoms with Crippen LogP contribution in [-0.2, 0) is 16.0 Å². The average molecular weight is 307 g/mol. The molecule has 4 N–H and O–H groups in total. The molecule has 1 unspecified atom stereocenters. The number of nitrogens with two attached hydrogens (primary N) is 1.